The first-order valence-electron chi connectivity index (χ1n) is 7.23. The lowest BCUT2D eigenvalue weighted by Gasteiger charge is -2.30. The van der Waals surface area contributed by atoms with Crippen LogP contribution in [0.2, 0.25) is 0 Å². The van der Waals surface area contributed by atoms with Crippen LogP contribution in [0.5, 0.6) is 0 Å². The number of aliphatic hydroxyl groups is 1. The van der Waals surface area contributed by atoms with E-state index in [-0.39, 0.29) is 11.7 Å². The van der Waals surface area contributed by atoms with Gasteiger partial charge >= 0.3 is 0 Å². The number of hydrogen-bond donors (Lipinski definition) is 2. The molecule has 6 nitrogen and oxygen atoms in total. The van der Waals surface area contributed by atoms with Crippen molar-refractivity contribution >= 4 is 11.8 Å². The highest BCUT2D eigenvalue weighted by atomic mass is 16.3. The summed E-state index contributed by atoms with van der Waals surface area (Å²) in [5.74, 6) is -0.476. The second kappa shape index (κ2) is 6.30. The predicted molar refractivity (Wildman–Crippen MR) is 76.7 cm³/mol. The van der Waals surface area contributed by atoms with Crippen LogP contribution in [0.15, 0.2) is 22.8 Å². The van der Waals surface area contributed by atoms with Gasteiger partial charge in [0.1, 0.15) is 6.04 Å². The largest absolute Gasteiger partial charge is 0.459 e. The van der Waals surface area contributed by atoms with E-state index in [1.165, 1.54) is 17.2 Å². The van der Waals surface area contributed by atoms with Crippen molar-refractivity contribution in [3.63, 3.8) is 0 Å². The van der Waals surface area contributed by atoms with Crippen molar-refractivity contribution < 1.29 is 19.1 Å². The van der Waals surface area contributed by atoms with E-state index in [9.17, 15) is 14.7 Å². The monoisotopic (exact) mass is 294 g/mol. The Hall–Kier alpha value is -1.82. The summed E-state index contributed by atoms with van der Waals surface area (Å²) in [6, 6.07) is 2.48. The van der Waals surface area contributed by atoms with Crippen molar-refractivity contribution in [1.29, 1.82) is 0 Å². The molecule has 1 aromatic rings. The molecule has 0 aromatic carbocycles. The molecule has 2 amide bonds. The van der Waals surface area contributed by atoms with Gasteiger partial charge in [-0.05, 0) is 31.9 Å². The Morgan fingerprint density at radius 1 is 1.48 bits per heavy atom. The van der Waals surface area contributed by atoms with Gasteiger partial charge < -0.3 is 19.7 Å². The van der Waals surface area contributed by atoms with E-state index in [1.807, 2.05) is 0 Å². The number of amides is 2. The molecule has 1 unspecified atom stereocenters. The SMILES string of the molecule is CC(NC(=O)c1ccco1)C(=O)N(C)CC1(O)CCCC1. The Bertz CT molecular complexity index is 492. The molecule has 0 bridgehead atoms. The molecule has 21 heavy (non-hydrogen) atoms. The summed E-state index contributed by atoms with van der Waals surface area (Å²) in [5.41, 5.74) is -0.783. The fourth-order valence-corrected chi connectivity index (χ4v) is 2.78. The number of carbonyl (C=O) groups excluding carboxylic acids is 2. The number of carbonyl (C=O) groups is 2. The summed E-state index contributed by atoms with van der Waals surface area (Å²) in [4.78, 5) is 25.6. The van der Waals surface area contributed by atoms with Crippen LogP contribution in [0.1, 0.15) is 43.2 Å². The van der Waals surface area contributed by atoms with Gasteiger partial charge in [-0.15, -0.1) is 0 Å². The topological polar surface area (TPSA) is 82.8 Å². The van der Waals surface area contributed by atoms with Crippen LogP contribution in [0.4, 0.5) is 0 Å². The minimum atomic E-state index is -0.783. The van der Waals surface area contributed by atoms with Gasteiger partial charge in [-0.25, -0.2) is 0 Å². The number of likely N-dealkylation sites (N-methyl/N-ethyl adjacent to an activating group) is 1. The number of nitrogens with zero attached hydrogens (tertiary/aromatic N) is 1. The minimum absolute atomic E-state index is 0.173. The molecule has 0 radical (unpaired) electrons. The summed E-state index contributed by atoms with van der Waals surface area (Å²) in [7, 11) is 1.65. The van der Waals surface area contributed by atoms with Crippen LogP contribution in [0.25, 0.3) is 0 Å². The fraction of sp³-hybridized carbons (Fsp3) is 0.600. The van der Waals surface area contributed by atoms with E-state index in [4.69, 9.17) is 4.42 Å². The highest BCUT2D eigenvalue weighted by Crippen LogP contribution is 2.29. The third kappa shape index (κ3) is 3.85. The lowest BCUT2D eigenvalue weighted by atomic mass is 10.0. The normalized spacial score (nSPS) is 18.2. The molecular formula is C15H22N2O4. The molecule has 0 aliphatic heterocycles. The number of nitrogens with one attached hydrogen (secondary N) is 1. The van der Waals surface area contributed by atoms with Gasteiger partial charge in [0, 0.05) is 13.6 Å². The van der Waals surface area contributed by atoms with Crippen LogP contribution in [-0.4, -0.2) is 47.1 Å². The van der Waals surface area contributed by atoms with Crippen LogP contribution < -0.4 is 5.32 Å². The Morgan fingerprint density at radius 2 is 2.14 bits per heavy atom. The van der Waals surface area contributed by atoms with Gasteiger partial charge in [-0.1, -0.05) is 12.8 Å². The average molecular weight is 294 g/mol. The number of hydrogen-bond acceptors (Lipinski definition) is 4. The lowest BCUT2D eigenvalue weighted by molar-refractivity contribution is -0.134. The van der Waals surface area contributed by atoms with Crippen molar-refractivity contribution in [2.75, 3.05) is 13.6 Å². The van der Waals surface area contributed by atoms with Crippen molar-refractivity contribution in [3.8, 4) is 0 Å². The first-order chi connectivity index (χ1) is 9.91. The minimum Gasteiger partial charge on any atom is -0.459 e. The van der Waals surface area contributed by atoms with Crippen LogP contribution in [-0.2, 0) is 4.79 Å². The molecule has 1 saturated carbocycles. The van der Waals surface area contributed by atoms with Gasteiger partial charge in [0.05, 0.1) is 11.9 Å². The van der Waals surface area contributed by atoms with Gasteiger partial charge in [-0.3, -0.25) is 9.59 Å². The highest BCUT2D eigenvalue weighted by molar-refractivity contribution is 5.95. The molecule has 1 aliphatic carbocycles. The molecule has 0 spiro atoms. The van der Waals surface area contributed by atoms with E-state index >= 15 is 0 Å². The maximum absolute atomic E-state index is 12.2. The molecule has 1 atom stereocenters. The Balaban J connectivity index is 1.88. The molecule has 6 heteroatoms. The molecule has 1 aliphatic rings. The van der Waals surface area contributed by atoms with Crippen LogP contribution in [0.3, 0.4) is 0 Å². The predicted octanol–water partition coefficient (Wildman–Crippen LogP) is 1.16. The fourth-order valence-electron chi connectivity index (χ4n) is 2.78. The summed E-state index contributed by atoms with van der Waals surface area (Å²) in [6.45, 7) is 1.92. The molecule has 1 fully saturated rings. The Labute approximate surface area is 124 Å². The zero-order chi connectivity index (χ0) is 15.5. The zero-order valence-corrected chi connectivity index (χ0v) is 12.5. The van der Waals surface area contributed by atoms with Crippen molar-refractivity contribution in [1.82, 2.24) is 10.2 Å². The van der Waals surface area contributed by atoms with Crippen molar-refractivity contribution in [2.24, 2.45) is 0 Å². The van der Waals surface area contributed by atoms with Gasteiger partial charge in [0.25, 0.3) is 5.91 Å². The Morgan fingerprint density at radius 3 is 2.71 bits per heavy atom. The van der Waals surface area contributed by atoms with E-state index in [2.05, 4.69) is 5.32 Å². The molecule has 2 rings (SSSR count). The van der Waals surface area contributed by atoms with E-state index in [1.54, 1.807) is 20.0 Å². The molecule has 0 saturated heterocycles. The van der Waals surface area contributed by atoms with Gasteiger partial charge in [0.2, 0.25) is 5.91 Å². The first-order valence-corrected chi connectivity index (χ1v) is 7.23. The van der Waals surface area contributed by atoms with Crippen LogP contribution >= 0.6 is 0 Å². The number of furan rings is 1. The van der Waals surface area contributed by atoms with E-state index < -0.39 is 17.6 Å². The number of rotatable bonds is 5. The third-order valence-corrected chi connectivity index (χ3v) is 3.90. The molecule has 2 N–H and O–H groups in total. The van der Waals surface area contributed by atoms with Crippen LogP contribution in [0, 0.1) is 0 Å². The quantitative estimate of drug-likeness (QED) is 0.853. The maximum atomic E-state index is 12.2. The summed E-state index contributed by atoms with van der Waals surface area (Å²) >= 11 is 0. The smallest absolute Gasteiger partial charge is 0.287 e. The first kappa shape index (κ1) is 15.6. The molecule has 116 valence electrons. The standard InChI is InChI=1S/C15H22N2O4/c1-11(16-13(18)12-6-5-9-21-12)14(19)17(2)10-15(20)7-3-4-8-15/h5-6,9,11,20H,3-4,7-8,10H2,1-2H3,(H,16,18). The van der Waals surface area contributed by atoms with E-state index in [0.717, 1.165) is 25.7 Å². The summed E-state index contributed by atoms with van der Waals surface area (Å²) < 4.78 is 4.98. The zero-order valence-electron chi connectivity index (χ0n) is 12.5. The molecule has 1 heterocycles. The maximum Gasteiger partial charge on any atom is 0.287 e. The summed E-state index contributed by atoms with van der Waals surface area (Å²) in [6.07, 6.45) is 4.82. The molecular weight excluding hydrogens is 272 g/mol. The third-order valence-electron chi connectivity index (χ3n) is 3.90. The average Bonchev–Trinajstić information content (AvgIpc) is 3.09. The second-order valence-corrected chi connectivity index (χ2v) is 5.80. The van der Waals surface area contributed by atoms with Gasteiger partial charge in [0.15, 0.2) is 5.76 Å². The van der Waals surface area contributed by atoms with Crippen molar-refractivity contribution in [3.05, 3.63) is 24.2 Å². The summed E-state index contributed by atoms with van der Waals surface area (Å²) in [5, 5.41) is 12.9. The second-order valence-electron chi connectivity index (χ2n) is 5.80. The van der Waals surface area contributed by atoms with Crippen molar-refractivity contribution in [2.45, 2.75) is 44.2 Å². The van der Waals surface area contributed by atoms with E-state index in [0.29, 0.717) is 6.54 Å². The Kier molecular flexibility index (Phi) is 4.67. The highest BCUT2D eigenvalue weighted by Gasteiger charge is 2.34. The lowest BCUT2D eigenvalue weighted by Crippen LogP contribution is -2.49. The molecule has 1 aromatic heterocycles. The van der Waals surface area contributed by atoms with Gasteiger partial charge in [-0.2, -0.15) is 0 Å².